The molecule has 0 aliphatic rings. The zero-order valence-electron chi connectivity index (χ0n) is 9.63. The average Bonchev–Trinajstić information content (AvgIpc) is 2.14. The molecule has 0 bridgehead atoms. The van der Waals surface area contributed by atoms with Gasteiger partial charge in [-0.2, -0.15) is 0 Å². The van der Waals surface area contributed by atoms with Crippen LogP contribution in [0.3, 0.4) is 0 Å². The zero-order chi connectivity index (χ0) is 11.0. The van der Waals surface area contributed by atoms with E-state index in [0.717, 1.165) is 5.75 Å². The predicted octanol–water partition coefficient (Wildman–Crippen LogP) is 4.72. The van der Waals surface area contributed by atoms with E-state index in [2.05, 4.69) is 52.5 Å². The van der Waals surface area contributed by atoms with Gasteiger partial charge in [-0.3, -0.25) is 0 Å². The molecule has 0 spiro atoms. The maximum atomic E-state index is 3.73. The first-order chi connectivity index (χ1) is 6.61. The van der Waals surface area contributed by atoms with E-state index in [9.17, 15) is 0 Å². The minimum Gasteiger partial charge on any atom is -0.126 e. The van der Waals surface area contributed by atoms with Crippen LogP contribution < -0.4 is 0 Å². The maximum absolute atomic E-state index is 3.73. The number of rotatable bonds is 5. The molecular weight excluding hydrogens is 188 g/mol. The number of hydrogen-bond donors (Lipinski definition) is 0. The van der Waals surface area contributed by atoms with Crippen LogP contribution in [-0.2, 0) is 0 Å². The standard InChI is InChI=1S/C13H20S/c1-6-8-13(14-7-2)12(5)10-9-11(3)4/h6,8-10H,1,7H2,2-5H3/b12-10+,13-8-. The highest BCUT2D eigenvalue weighted by Gasteiger charge is 1.96. The Morgan fingerprint density at radius 2 is 1.79 bits per heavy atom. The number of allylic oxidation sites excluding steroid dienone is 6. The van der Waals surface area contributed by atoms with Crippen LogP contribution in [0.5, 0.6) is 0 Å². The second kappa shape index (κ2) is 7.69. The molecule has 0 aliphatic heterocycles. The van der Waals surface area contributed by atoms with Crippen LogP contribution >= 0.6 is 11.8 Å². The molecule has 0 rings (SSSR count). The highest BCUT2D eigenvalue weighted by molar-refractivity contribution is 8.03. The summed E-state index contributed by atoms with van der Waals surface area (Å²) >= 11 is 1.85. The van der Waals surface area contributed by atoms with Crippen LogP contribution in [-0.4, -0.2) is 5.75 Å². The van der Waals surface area contributed by atoms with Gasteiger partial charge in [0.25, 0.3) is 0 Å². The van der Waals surface area contributed by atoms with E-state index in [4.69, 9.17) is 0 Å². The van der Waals surface area contributed by atoms with Crippen molar-refractivity contribution < 1.29 is 0 Å². The molecule has 0 unspecified atom stereocenters. The van der Waals surface area contributed by atoms with Crippen LogP contribution in [0.4, 0.5) is 0 Å². The molecule has 0 aromatic rings. The summed E-state index contributed by atoms with van der Waals surface area (Å²) in [5.41, 5.74) is 2.63. The van der Waals surface area contributed by atoms with E-state index >= 15 is 0 Å². The van der Waals surface area contributed by atoms with E-state index in [1.54, 1.807) is 0 Å². The minimum atomic E-state index is 1.10. The minimum absolute atomic E-state index is 1.10. The first-order valence-corrected chi connectivity index (χ1v) is 5.88. The first kappa shape index (κ1) is 13.3. The third-order valence-corrected chi connectivity index (χ3v) is 2.68. The van der Waals surface area contributed by atoms with Crippen molar-refractivity contribution in [2.45, 2.75) is 27.7 Å². The summed E-state index contributed by atoms with van der Waals surface area (Å²) in [4.78, 5) is 1.31. The molecular formula is C13H20S. The molecule has 0 nitrogen and oxygen atoms in total. The van der Waals surface area contributed by atoms with E-state index in [-0.39, 0.29) is 0 Å². The Balaban J connectivity index is 4.67. The van der Waals surface area contributed by atoms with Crippen LogP contribution in [0.2, 0.25) is 0 Å². The van der Waals surface area contributed by atoms with E-state index < -0.39 is 0 Å². The van der Waals surface area contributed by atoms with Gasteiger partial charge in [0, 0.05) is 4.91 Å². The van der Waals surface area contributed by atoms with Gasteiger partial charge in [0.1, 0.15) is 0 Å². The van der Waals surface area contributed by atoms with Crippen LogP contribution in [0.1, 0.15) is 27.7 Å². The molecule has 0 fully saturated rings. The molecule has 78 valence electrons. The summed E-state index contributed by atoms with van der Waals surface area (Å²) in [5.74, 6) is 1.10. The van der Waals surface area contributed by atoms with E-state index in [1.807, 2.05) is 17.8 Å². The van der Waals surface area contributed by atoms with E-state index in [0.29, 0.717) is 0 Å². The molecule has 0 amide bonds. The van der Waals surface area contributed by atoms with Crippen molar-refractivity contribution in [1.29, 1.82) is 0 Å². The lowest BCUT2D eigenvalue weighted by atomic mass is 10.2. The molecule has 0 radical (unpaired) electrons. The van der Waals surface area contributed by atoms with Crippen molar-refractivity contribution in [3.05, 3.63) is 46.9 Å². The van der Waals surface area contributed by atoms with Gasteiger partial charge in [0.05, 0.1) is 0 Å². The van der Waals surface area contributed by atoms with Crippen molar-refractivity contribution in [3.63, 3.8) is 0 Å². The maximum Gasteiger partial charge on any atom is 0.0101 e. The Hall–Kier alpha value is -0.690. The van der Waals surface area contributed by atoms with Crippen LogP contribution in [0.25, 0.3) is 0 Å². The summed E-state index contributed by atoms with van der Waals surface area (Å²) < 4.78 is 0. The van der Waals surface area contributed by atoms with Gasteiger partial charge in [-0.1, -0.05) is 37.3 Å². The fraction of sp³-hybridized carbons (Fsp3) is 0.385. The summed E-state index contributed by atoms with van der Waals surface area (Å²) in [6, 6.07) is 0. The molecule has 0 aliphatic carbocycles. The number of thioether (sulfide) groups is 1. The summed E-state index contributed by atoms with van der Waals surface area (Å²) in [5, 5.41) is 0. The highest BCUT2D eigenvalue weighted by atomic mass is 32.2. The van der Waals surface area contributed by atoms with Gasteiger partial charge in [0.15, 0.2) is 0 Å². The van der Waals surface area contributed by atoms with Crippen molar-refractivity contribution in [2.75, 3.05) is 5.75 Å². The second-order valence-corrected chi connectivity index (χ2v) is 4.60. The van der Waals surface area contributed by atoms with Crippen molar-refractivity contribution in [3.8, 4) is 0 Å². The Labute approximate surface area is 92.5 Å². The van der Waals surface area contributed by atoms with Crippen molar-refractivity contribution in [1.82, 2.24) is 0 Å². The van der Waals surface area contributed by atoms with E-state index in [1.165, 1.54) is 16.1 Å². The SMILES string of the molecule is C=C/C=C(SCC)/C(C)=C/C=C(C)C. The lowest BCUT2D eigenvalue weighted by molar-refractivity contribution is 1.38. The Bertz CT molecular complexity index is 263. The van der Waals surface area contributed by atoms with Gasteiger partial charge in [0.2, 0.25) is 0 Å². The third kappa shape index (κ3) is 5.87. The van der Waals surface area contributed by atoms with Gasteiger partial charge >= 0.3 is 0 Å². The molecule has 0 N–H and O–H groups in total. The van der Waals surface area contributed by atoms with Crippen LogP contribution in [0.15, 0.2) is 46.9 Å². The summed E-state index contributed by atoms with van der Waals surface area (Å²) in [6.45, 7) is 12.2. The first-order valence-electron chi connectivity index (χ1n) is 4.89. The molecule has 0 aromatic carbocycles. The molecule has 1 heteroatoms. The molecule has 0 atom stereocenters. The topological polar surface area (TPSA) is 0 Å². The molecule has 0 saturated heterocycles. The molecule has 14 heavy (non-hydrogen) atoms. The normalized spacial score (nSPS) is 12.6. The molecule has 0 heterocycles. The molecule has 0 aromatic heterocycles. The fourth-order valence-corrected chi connectivity index (χ4v) is 1.73. The Morgan fingerprint density at radius 1 is 1.14 bits per heavy atom. The largest absolute Gasteiger partial charge is 0.126 e. The van der Waals surface area contributed by atoms with Gasteiger partial charge < -0.3 is 0 Å². The highest BCUT2D eigenvalue weighted by Crippen LogP contribution is 2.23. The predicted molar refractivity (Wildman–Crippen MR) is 69.6 cm³/mol. The summed E-state index contributed by atoms with van der Waals surface area (Å²) in [7, 11) is 0. The van der Waals surface area contributed by atoms with Crippen LogP contribution in [0, 0.1) is 0 Å². The number of hydrogen-bond acceptors (Lipinski definition) is 1. The van der Waals surface area contributed by atoms with Crippen molar-refractivity contribution in [2.24, 2.45) is 0 Å². The Kier molecular flexibility index (Phi) is 7.31. The fourth-order valence-electron chi connectivity index (χ4n) is 0.930. The van der Waals surface area contributed by atoms with Crippen molar-refractivity contribution >= 4 is 11.8 Å². The third-order valence-electron chi connectivity index (χ3n) is 1.62. The lowest BCUT2D eigenvalue weighted by Crippen LogP contribution is -1.81. The van der Waals surface area contributed by atoms with Gasteiger partial charge in [-0.05, 0) is 38.2 Å². The molecule has 0 saturated carbocycles. The average molecular weight is 208 g/mol. The quantitative estimate of drug-likeness (QED) is 0.589. The summed E-state index contributed by atoms with van der Waals surface area (Å²) in [6.07, 6.45) is 8.21. The van der Waals surface area contributed by atoms with Gasteiger partial charge in [-0.15, -0.1) is 11.8 Å². The monoisotopic (exact) mass is 208 g/mol. The second-order valence-electron chi connectivity index (χ2n) is 3.29. The van der Waals surface area contributed by atoms with Gasteiger partial charge in [-0.25, -0.2) is 0 Å². The Morgan fingerprint density at radius 3 is 2.21 bits per heavy atom. The smallest absolute Gasteiger partial charge is 0.0101 e. The lowest BCUT2D eigenvalue weighted by Gasteiger charge is -2.04. The zero-order valence-corrected chi connectivity index (χ0v) is 10.4.